The van der Waals surface area contributed by atoms with Crippen LogP contribution in [0, 0.1) is 5.82 Å². The van der Waals surface area contributed by atoms with Gasteiger partial charge in [0.05, 0.1) is 5.52 Å². The van der Waals surface area contributed by atoms with E-state index in [0.29, 0.717) is 5.56 Å². The molecule has 2 aromatic carbocycles. The second kappa shape index (κ2) is 7.05. The van der Waals surface area contributed by atoms with Crippen molar-refractivity contribution in [2.45, 2.75) is 18.0 Å². The Kier molecular flexibility index (Phi) is 4.49. The van der Waals surface area contributed by atoms with Gasteiger partial charge in [0.25, 0.3) is 0 Å². The van der Waals surface area contributed by atoms with Crippen molar-refractivity contribution < 1.29 is 12.8 Å². The van der Waals surface area contributed by atoms with Crippen LogP contribution in [0.4, 0.5) is 10.1 Å². The number of anilines is 1. The molecular formula is C21H21FN4O2S. The summed E-state index contributed by atoms with van der Waals surface area (Å²) in [4.78, 5) is 6.81. The number of benzene rings is 2. The number of nitrogens with zero attached hydrogens (tertiary/aromatic N) is 3. The molecule has 0 saturated carbocycles. The van der Waals surface area contributed by atoms with E-state index in [2.05, 4.69) is 15.2 Å². The first-order valence-corrected chi connectivity index (χ1v) is 11.1. The van der Waals surface area contributed by atoms with E-state index in [1.165, 1.54) is 22.6 Å². The summed E-state index contributed by atoms with van der Waals surface area (Å²) < 4.78 is 41.2. The average Bonchev–Trinajstić information content (AvgIpc) is 3.17. The Bertz CT molecular complexity index is 1190. The van der Waals surface area contributed by atoms with Gasteiger partial charge < -0.3 is 10.2 Å². The molecule has 6 nitrogen and oxygen atoms in total. The topological polar surface area (TPSA) is 65.5 Å². The number of pyridine rings is 1. The van der Waals surface area contributed by atoms with Gasteiger partial charge >= 0.3 is 0 Å². The smallest absolute Gasteiger partial charge is 0.245 e. The molecule has 1 N–H and O–H groups in total. The highest BCUT2D eigenvalue weighted by atomic mass is 32.2. The normalized spacial score (nSPS) is 17.6. The molecule has 0 amide bonds. The largest absolute Gasteiger partial charge is 0.369 e. The molecule has 0 unspecified atom stereocenters. The van der Waals surface area contributed by atoms with E-state index in [4.69, 9.17) is 0 Å². The highest BCUT2D eigenvalue weighted by Gasteiger charge is 2.31. The lowest BCUT2D eigenvalue weighted by Gasteiger charge is -2.29. The van der Waals surface area contributed by atoms with Crippen LogP contribution >= 0.6 is 0 Å². The van der Waals surface area contributed by atoms with E-state index in [1.807, 2.05) is 18.2 Å². The molecule has 1 saturated heterocycles. The molecule has 8 heteroatoms. The van der Waals surface area contributed by atoms with E-state index >= 15 is 0 Å². The first-order chi connectivity index (χ1) is 14.0. The van der Waals surface area contributed by atoms with Crippen molar-refractivity contribution in [1.29, 1.82) is 0 Å². The monoisotopic (exact) mass is 412 g/mol. The SMILES string of the molecule is O=S(=O)(c1cnc2ccc(N3CCNCC3)cc2c1)N1Cc2ccc(F)cc2C1. The molecule has 1 fully saturated rings. The molecule has 3 heterocycles. The van der Waals surface area contributed by atoms with Crippen molar-refractivity contribution in [2.24, 2.45) is 0 Å². The molecule has 29 heavy (non-hydrogen) atoms. The summed E-state index contributed by atoms with van der Waals surface area (Å²) in [5, 5.41) is 4.13. The number of halogens is 1. The summed E-state index contributed by atoms with van der Waals surface area (Å²) >= 11 is 0. The number of hydrogen-bond donors (Lipinski definition) is 1. The Morgan fingerprint density at radius 1 is 0.966 bits per heavy atom. The molecule has 0 radical (unpaired) electrons. The molecule has 5 rings (SSSR count). The van der Waals surface area contributed by atoms with Crippen LogP contribution in [0.25, 0.3) is 10.9 Å². The third-order valence-corrected chi connectivity index (χ3v) is 7.38. The lowest BCUT2D eigenvalue weighted by Crippen LogP contribution is -2.43. The Balaban J connectivity index is 1.47. The summed E-state index contributed by atoms with van der Waals surface area (Å²) in [6.07, 6.45) is 1.41. The van der Waals surface area contributed by atoms with Crippen LogP contribution in [0.5, 0.6) is 0 Å². The molecule has 2 aliphatic heterocycles. The maximum Gasteiger partial charge on any atom is 0.245 e. The number of nitrogens with one attached hydrogen (secondary N) is 1. The van der Waals surface area contributed by atoms with Crippen molar-refractivity contribution in [3.63, 3.8) is 0 Å². The molecule has 0 atom stereocenters. The lowest BCUT2D eigenvalue weighted by molar-refractivity contribution is 0.431. The van der Waals surface area contributed by atoms with E-state index in [-0.39, 0.29) is 23.8 Å². The highest BCUT2D eigenvalue weighted by molar-refractivity contribution is 7.89. The number of aromatic nitrogens is 1. The molecular weight excluding hydrogens is 391 g/mol. The fourth-order valence-corrected chi connectivity index (χ4v) is 5.39. The zero-order chi connectivity index (χ0) is 20.0. The van der Waals surface area contributed by atoms with Crippen molar-refractivity contribution in [1.82, 2.24) is 14.6 Å². The van der Waals surface area contributed by atoms with Crippen LogP contribution in [0.1, 0.15) is 11.1 Å². The van der Waals surface area contributed by atoms with Gasteiger partial charge in [0, 0.05) is 56.5 Å². The average molecular weight is 412 g/mol. The molecule has 2 aliphatic rings. The Morgan fingerprint density at radius 2 is 1.76 bits per heavy atom. The first kappa shape index (κ1) is 18.5. The predicted octanol–water partition coefficient (Wildman–Crippen LogP) is 2.49. The minimum Gasteiger partial charge on any atom is -0.369 e. The maximum absolute atomic E-state index is 13.5. The van der Waals surface area contributed by atoms with Gasteiger partial charge in [-0.1, -0.05) is 6.07 Å². The highest BCUT2D eigenvalue weighted by Crippen LogP contribution is 2.30. The van der Waals surface area contributed by atoms with Gasteiger partial charge in [-0.15, -0.1) is 0 Å². The van der Waals surface area contributed by atoms with Crippen molar-refractivity contribution in [2.75, 3.05) is 31.1 Å². The number of rotatable bonds is 3. The predicted molar refractivity (Wildman–Crippen MR) is 110 cm³/mol. The number of sulfonamides is 1. The van der Waals surface area contributed by atoms with Gasteiger partial charge in [-0.05, 0) is 47.5 Å². The molecule has 0 bridgehead atoms. The molecule has 0 spiro atoms. The van der Waals surface area contributed by atoms with Crippen molar-refractivity contribution in [3.05, 3.63) is 65.6 Å². The fourth-order valence-electron chi connectivity index (χ4n) is 4.01. The zero-order valence-corrected chi connectivity index (χ0v) is 16.6. The molecule has 0 aliphatic carbocycles. The van der Waals surface area contributed by atoms with Crippen molar-refractivity contribution >= 4 is 26.6 Å². The van der Waals surface area contributed by atoms with Crippen LogP contribution < -0.4 is 10.2 Å². The van der Waals surface area contributed by atoms with Crippen LogP contribution in [0.15, 0.2) is 53.6 Å². The Labute approximate surface area is 169 Å². The van der Waals surface area contributed by atoms with Crippen LogP contribution in [-0.2, 0) is 23.1 Å². The second-order valence-electron chi connectivity index (χ2n) is 7.47. The van der Waals surface area contributed by atoms with Gasteiger partial charge in [-0.25, -0.2) is 12.8 Å². The second-order valence-corrected chi connectivity index (χ2v) is 9.41. The van der Waals surface area contributed by atoms with Crippen molar-refractivity contribution in [3.8, 4) is 0 Å². The first-order valence-electron chi connectivity index (χ1n) is 9.64. The standard InChI is InChI=1S/C21H21FN4O2S/c22-18-2-1-15-13-26(14-17(15)9-18)29(27,28)20-11-16-10-19(3-4-21(16)24-12-20)25-7-5-23-6-8-25/h1-4,9-12,23H,5-8,13-14H2. The van der Waals surface area contributed by atoms with Gasteiger partial charge in [-0.3, -0.25) is 4.98 Å². The fraction of sp³-hybridized carbons (Fsp3) is 0.286. The van der Waals surface area contributed by atoms with Gasteiger partial charge in [0.1, 0.15) is 10.7 Å². The molecule has 1 aromatic heterocycles. The lowest BCUT2D eigenvalue weighted by atomic mass is 10.1. The van der Waals surface area contributed by atoms with Crippen LogP contribution in [-0.4, -0.2) is 43.9 Å². The van der Waals surface area contributed by atoms with E-state index in [9.17, 15) is 12.8 Å². The third-order valence-electron chi connectivity index (χ3n) is 5.62. The summed E-state index contributed by atoms with van der Waals surface area (Å²) in [6.45, 7) is 4.12. The van der Waals surface area contributed by atoms with Crippen LogP contribution in [0.3, 0.4) is 0 Å². The Morgan fingerprint density at radius 3 is 2.59 bits per heavy atom. The van der Waals surface area contributed by atoms with E-state index < -0.39 is 10.0 Å². The number of piperazine rings is 1. The zero-order valence-electron chi connectivity index (χ0n) is 15.8. The number of fused-ring (bicyclic) bond motifs is 2. The molecule has 150 valence electrons. The summed E-state index contributed by atoms with van der Waals surface area (Å²) in [5.41, 5.74) is 3.38. The van der Waals surface area contributed by atoms with E-state index in [1.54, 1.807) is 12.1 Å². The molecule has 3 aromatic rings. The minimum atomic E-state index is -3.72. The van der Waals surface area contributed by atoms with Gasteiger partial charge in [0.2, 0.25) is 10.0 Å². The Hall–Kier alpha value is -2.55. The maximum atomic E-state index is 13.5. The minimum absolute atomic E-state index is 0.163. The van der Waals surface area contributed by atoms with Gasteiger partial charge in [0.15, 0.2) is 0 Å². The summed E-state index contributed by atoms with van der Waals surface area (Å²) in [5.74, 6) is -0.351. The third kappa shape index (κ3) is 3.37. The van der Waals surface area contributed by atoms with Gasteiger partial charge in [-0.2, -0.15) is 4.31 Å². The van der Waals surface area contributed by atoms with E-state index in [0.717, 1.165) is 48.3 Å². The number of hydrogen-bond acceptors (Lipinski definition) is 5. The summed E-state index contributed by atoms with van der Waals surface area (Å²) in [6, 6.07) is 12.1. The van der Waals surface area contributed by atoms with Crippen LogP contribution in [0.2, 0.25) is 0 Å². The summed E-state index contributed by atoms with van der Waals surface area (Å²) in [7, 11) is -3.72. The quantitative estimate of drug-likeness (QED) is 0.716.